The Bertz CT molecular complexity index is 450. The first-order chi connectivity index (χ1) is 8.71. The first kappa shape index (κ1) is 13.9. The van der Waals surface area contributed by atoms with Crippen LogP contribution in [0.4, 0.5) is 0 Å². The van der Waals surface area contributed by atoms with Gasteiger partial charge in [-0.15, -0.1) is 0 Å². The number of carbonyl (C=O) groups is 2. The van der Waals surface area contributed by atoms with Gasteiger partial charge in [-0.3, -0.25) is 0 Å². The number of ether oxygens (including phenoxy) is 1. The minimum Gasteiger partial charge on any atom is -0.465 e. The van der Waals surface area contributed by atoms with Gasteiger partial charge in [0.2, 0.25) is 0 Å². The van der Waals surface area contributed by atoms with Crippen LogP contribution in [-0.4, -0.2) is 18.9 Å². The maximum atomic E-state index is 12.0. The quantitative estimate of drug-likeness (QED) is 0.567. The Morgan fingerprint density at radius 1 is 1.44 bits per heavy atom. The molecule has 0 aliphatic heterocycles. The van der Waals surface area contributed by atoms with Crippen LogP contribution in [0, 0.1) is 11.3 Å². The topological polar surface area (TPSA) is 67.2 Å². The normalized spacial score (nSPS) is 13.1. The van der Waals surface area contributed by atoms with Gasteiger partial charge in [0.05, 0.1) is 12.7 Å². The van der Waals surface area contributed by atoms with Crippen molar-refractivity contribution in [3.63, 3.8) is 0 Å². The minimum atomic E-state index is -1.39. The molecule has 0 N–H and O–H groups in total. The van der Waals surface area contributed by atoms with Crippen LogP contribution in [0.2, 0.25) is 0 Å². The molecule has 0 aliphatic rings. The van der Waals surface area contributed by atoms with Crippen LogP contribution < -0.4 is 0 Å². The summed E-state index contributed by atoms with van der Waals surface area (Å²) in [5.74, 6) is -0.597. The maximum absolute atomic E-state index is 12.0. The summed E-state index contributed by atoms with van der Waals surface area (Å²) in [6, 6.07) is 10.7. The lowest BCUT2D eigenvalue weighted by molar-refractivity contribution is -0.148. The summed E-state index contributed by atoms with van der Waals surface area (Å²) < 4.78 is 4.97. The molecule has 4 nitrogen and oxygen atoms in total. The lowest BCUT2D eigenvalue weighted by Gasteiger charge is -2.23. The van der Waals surface area contributed by atoms with Crippen molar-refractivity contribution in [3.8, 4) is 6.07 Å². The highest BCUT2D eigenvalue weighted by atomic mass is 16.5. The van der Waals surface area contributed by atoms with E-state index in [1.807, 2.05) is 6.07 Å². The smallest absolute Gasteiger partial charge is 0.331 e. The van der Waals surface area contributed by atoms with Crippen LogP contribution in [0.1, 0.15) is 25.3 Å². The molecule has 0 saturated carbocycles. The molecule has 0 saturated heterocycles. The van der Waals surface area contributed by atoms with Crippen molar-refractivity contribution in [2.45, 2.75) is 25.2 Å². The van der Waals surface area contributed by atoms with Crippen molar-refractivity contribution in [2.75, 3.05) is 6.61 Å². The molecule has 0 amide bonds. The minimum absolute atomic E-state index is 0.135. The number of hydrogen-bond donors (Lipinski definition) is 0. The SMILES string of the molecule is CCOC(=O)C(C#N)(CCC=O)c1ccccc1. The molecular weight excluding hydrogens is 230 g/mol. The molecule has 18 heavy (non-hydrogen) atoms. The molecule has 0 aromatic heterocycles. The predicted molar refractivity (Wildman–Crippen MR) is 65.7 cm³/mol. The third-order valence-corrected chi connectivity index (χ3v) is 2.72. The van der Waals surface area contributed by atoms with Crippen LogP contribution in [0.15, 0.2) is 30.3 Å². The van der Waals surface area contributed by atoms with Crippen LogP contribution in [0.5, 0.6) is 0 Å². The number of rotatable bonds is 6. The Kier molecular flexibility index (Phi) is 5.06. The highest BCUT2D eigenvalue weighted by Gasteiger charge is 2.41. The van der Waals surface area contributed by atoms with Crippen molar-refractivity contribution in [3.05, 3.63) is 35.9 Å². The first-order valence-electron chi connectivity index (χ1n) is 5.79. The van der Waals surface area contributed by atoms with E-state index in [0.29, 0.717) is 11.8 Å². The molecule has 4 heteroatoms. The standard InChI is InChI=1S/C14H15NO3/c1-2-18-13(17)14(11-15,9-6-10-16)12-7-4-3-5-8-12/h3-5,7-8,10H,2,6,9H2,1H3. The summed E-state index contributed by atoms with van der Waals surface area (Å²) in [7, 11) is 0. The van der Waals surface area contributed by atoms with Gasteiger partial charge in [0.25, 0.3) is 0 Å². The van der Waals surface area contributed by atoms with E-state index in [2.05, 4.69) is 0 Å². The van der Waals surface area contributed by atoms with Gasteiger partial charge in [0, 0.05) is 6.42 Å². The summed E-state index contributed by atoms with van der Waals surface area (Å²) in [5, 5.41) is 9.39. The van der Waals surface area contributed by atoms with Crippen molar-refractivity contribution >= 4 is 12.3 Å². The zero-order valence-electron chi connectivity index (χ0n) is 10.3. The van der Waals surface area contributed by atoms with Crippen molar-refractivity contribution in [1.29, 1.82) is 5.26 Å². The van der Waals surface area contributed by atoms with Crippen molar-refractivity contribution < 1.29 is 14.3 Å². The molecule has 0 spiro atoms. The molecule has 0 radical (unpaired) electrons. The number of esters is 1. The fourth-order valence-electron chi connectivity index (χ4n) is 1.78. The van der Waals surface area contributed by atoms with Crippen LogP contribution in [-0.2, 0) is 19.7 Å². The zero-order chi connectivity index (χ0) is 13.4. The first-order valence-corrected chi connectivity index (χ1v) is 5.79. The molecule has 1 unspecified atom stereocenters. The van der Waals surface area contributed by atoms with E-state index >= 15 is 0 Å². The van der Waals surface area contributed by atoms with Gasteiger partial charge in [-0.25, -0.2) is 4.79 Å². The van der Waals surface area contributed by atoms with Gasteiger partial charge in [-0.2, -0.15) is 5.26 Å². The number of nitrogens with zero attached hydrogens (tertiary/aromatic N) is 1. The molecule has 0 fully saturated rings. The molecule has 0 aliphatic carbocycles. The average Bonchev–Trinajstić information content (AvgIpc) is 2.42. The van der Waals surface area contributed by atoms with E-state index in [1.165, 1.54) is 0 Å². The Hall–Kier alpha value is -2.15. The second kappa shape index (κ2) is 6.55. The van der Waals surface area contributed by atoms with Gasteiger partial charge >= 0.3 is 5.97 Å². The monoisotopic (exact) mass is 245 g/mol. The molecule has 1 aromatic rings. The molecule has 1 rings (SSSR count). The number of benzene rings is 1. The zero-order valence-corrected chi connectivity index (χ0v) is 10.3. The van der Waals surface area contributed by atoms with Crippen LogP contribution in [0.3, 0.4) is 0 Å². The lowest BCUT2D eigenvalue weighted by atomic mass is 9.78. The number of aldehydes is 1. The summed E-state index contributed by atoms with van der Waals surface area (Å²) in [6.45, 7) is 1.89. The van der Waals surface area contributed by atoms with E-state index in [0.717, 1.165) is 0 Å². The van der Waals surface area contributed by atoms with Crippen LogP contribution in [0.25, 0.3) is 0 Å². The number of hydrogen-bond acceptors (Lipinski definition) is 4. The predicted octanol–water partition coefficient (Wildman–Crippen LogP) is 1.99. The van der Waals surface area contributed by atoms with Gasteiger partial charge in [-0.1, -0.05) is 30.3 Å². The summed E-state index contributed by atoms with van der Waals surface area (Å²) in [6.07, 6.45) is 0.978. The third-order valence-electron chi connectivity index (χ3n) is 2.72. The van der Waals surface area contributed by atoms with E-state index in [9.17, 15) is 14.9 Å². The summed E-state index contributed by atoms with van der Waals surface area (Å²) >= 11 is 0. The van der Waals surface area contributed by atoms with Gasteiger partial charge in [0.1, 0.15) is 6.29 Å². The van der Waals surface area contributed by atoms with Crippen molar-refractivity contribution in [2.24, 2.45) is 0 Å². The largest absolute Gasteiger partial charge is 0.465 e. The summed E-state index contributed by atoms with van der Waals surface area (Å²) in [5.41, 5.74) is -0.828. The second-order valence-corrected chi connectivity index (χ2v) is 3.81. The Labute approximate surface area is 106 Å². The van der Waals surface area contributed by atoms with Gasteiger partial charge in [0.15, 0.2) is 5.41 Å². The Morgan fingerprint density at radius 3 is 2.61 bits per heavy atom. The van der Waals surface area contributed by atoms with E-state index in [-0.39, 0.29) is 19.4 Å². The highest BCUT2D eigenvalue weighted by Crippen LogP contribution is 2.30. The molecule has 1 atom stereocenters. The van der Waals surface area contributed by atoms with Gasteiger partial charge in [-0.05, 0) is 18.9 Å². The average molecular weight is 245 g/mol. The fourth-order valence-corrected chi connectivity index (χ4v) is 1.78. The van der Waals surface area contributed by atoms with Crippen LogP contribution >= 0.6 is 0 Å². The molecule has 0 bridgehead atoms. The number of nitriles is 1. The maximum Gasteiger partial charge on any atom is 0.331 e. The second-order valence-electron chi connectivity index (χ2n) is 3.81. The summed E-state index contributed by atoms with van der Waals surface area (Å²) in [4.78, 5) is 22.6. The molecule has 1 aromatic carbocycles. The highest BCUT2D eigenvalue weighted by molar-refractivity contribution is 5.87. The Balaban J connectivity index is 3.18. The van der Waals surface area contributed by atoms with E-state index in [1.54, 1.807) is 37.3 Å². The third kappa shape index (κ3) is 2.75. The lowest BCUT2D eigenvalue weighted by Crippen LogP contribution is -2.36. The molecular formula is C14H15NO3. The Morgan fingerprint density at radius 2 is 2.11 bits per heavy atom. The molecule has 0 heterocycles. The van der Waals surface area contributed by atoms with Gasteiger partial charge < -0.3 is 9.53 Å². The van der Waals surface area contributed by atoms with E-state index < -0.39 is 11.4 Å². The number of carbonyl (C=O) groups excluding carboxylic acids is 2. The molecule has 94 valence electrons. The fraction of sp³-hybridized carbons (Fsp3) is 0.357. The van der Waals surface area contributed by atoms with E-state index in [4.69, 9.17) is 4.74 Å². The van der Waals surface area contributed by atoms with Crippen molar-refractivity contribution in [1.82, 2.24) is 0 Å².